The Labute approximate surface area is 322 Å². The van der Waals surface area contributed by atoms with Crippen LogP contribution in [-0.2, 0) is 10.8 Å². The highest BCUT2D eigenvalue weighted by Crippen LogP contribution is 2.56. The van der Waals surface area contributed by atoms with E-state index in [1.54, 1.807) is 0 Å². The molecule has 260 valence electrons. The van der Waals surface area contributed by atoms with E-state index in [1.165, 1.54) is 77.2 Å². The second kappa shape index (κ2) is 11.9. The molecule has 0 atom stereocenters. The van der Waals surface area contributed by atoms with Gasteiger partial charge in [0.2, 0.25) is 0 Å². The number of hydrogen-bond acceptors (Lipinski definition) is 1. The topological polar surface area (TPSA) is 3.24 Å². The third kappa shape index (κ3) is 4.53. The monoisotopic (exact) mass is 701 g/mol. The highest BCUT2D eigenvalue weighted by molar-refractivity contribution is 6.09. The van der Waals surface area contributed by atoms with Crippen LogP contribution in [0.5, 0.6) is 0 Å². The first-order valence-corrected chi connectivity index (χ1v) is 19.3. The van der Waals surface area contributed by atoms with Crippen LogP contribution in [-0.4, -0.2) is 0 Å². The van der Waals surface area contributed by atoms with Crippen molar-refractivity contribution < 1.29 is 0 Å². The zero-order valence-electron chi connectivity index (χ0n) is 31.0. The van der Waals surface area contributed by atoms with Crippen LogP contribution in [0.3, 0.4) is 0 Å². The Bertz CT molecular complexity index is 2910. The Balaban J connectivity index is 1.13. The Morgan fingerprint density at radius 3 is 1.51 bits per heavy atom. The van der Waals surface area contributed by atoms with E-state index in [1.807, 2.05) is 0 Å². The van der Waals surface area contributed by atoms with Crippen molar-refractivity contribution in [1.29, 1.82) is 0 Å². The number of rotatable bonds is 5. The van der Waals surface area contributed by atoms with Gasteiger partial charge in [0.15, 0.2) is 0 Å². The lowest BCUT2D eigenvalue weighted by Crippen LogP contribution is -2.28. The van der Waals surface area contributed by atoms with Gasteiger partial charge in [0.05, 0.1) is 5.41 Å². The van der Waals surface area contributed by atoms with E-state index in [-0.39, 0.29) is 5.41 Å². The third-order valence-electron chi connectivity index (χ3n) is 12.5. The summed E-state index contributed by atoms with van der Waals surface area (Å²) < 4.78 is 0. The molecule has 0 bridgehead atoms. The number of hydrogen-bond donors (Lipinski definition) is 0. The SMILES string of the molecule is CC1(C)c2ccccc2-c2ccc(N(c3ccc(C4(c5ccccc5)c5ccccc5-c5ccccc54)cc3)c3ccc4ccc5ccccc5c4c3)cc21. The quantitative estimate of drug-likeness (QED) is 0.162. The molecule has 0 amide bonds. The van der Waals surface area contributed by atoms with Crippen LogP contribution in [0, 0.1) is 0 Å². The zero-order valence-corrected chi connectivity index (χ0v) is 31.0. The van der Waals surface area contributed by atoms with Crippen LogP contribution >= 0.6 is 0 Å². The van der Waals surface area contributed by atoms with E-state index >= 15 is 0 Å². The lowest BCUT2D eigenvalue weighted by atomic mass is 9.68. The summed E-state index contributed by atoms with van der Waals surface area (Å²) in [7, 11) is 0. The van der Waals surface area contributed by atoms with Crippen molar-refractivity contribution in [3.63, 3.8) is 0 Å². The molecule has 0 spiro atoms. The average Bonchev–Trinajstić information content (AvgIpc) is 3.67. The van der Waals surface area contributed by atoms with Gasteiger partial charge in [-0.2, -0.15) is 0 Å². The summed E-state index contributed by atoms with van der Waals surface area (Å²) in [4.78, 5) is 2.45. The molecule has 0 aromatic heterocycles. The predicted octanol–water partition coefficient (Wildman–Crippen LogP) is 14.1. The molecule has 9 aromatic carbocycles. The van der Waals surface area contributed by atoms with Gasteiger partial charge in [-0.15, -0.1) is 0 Å². The van der Waals surface area contributed by atoms with E-state index < -0.39 is 5.41 Å². The van der Waals surface area contributed by atoms with E-state index in [0.29, 0.717) is 0 Å². The molecule has 0 unspecified atom stereocenters. The van der Waals surface area contributed by atoms with Gasteiger partial charge < -0.3 is 4.90 Å². The molecule has 0 aliphatic heterocycles. The fourth-order valence-corrected chi connectivity index (χ4v) is 9.98. The van der Waals surface area contributed by atoms with Gasteiger partial charge in [-0.3, -0.25) is 0 Å². The van der Waals surface area contributed by atoms with Gasteiger partial charge in [-0.05, 0) is 114 Å². The van der Waals surface area contributed by atoms with E-state index in [0.717, 1.165) is 17.1 Å². The maximum atomic E-state index is 2.45. The lowest BCUT2D eigenvalue weighted by molar-refractivity contribution is 0.660. The molecule has 1 nitrogen and oxygen atoms in total. The van der Waals surface area contributed by atoms with Crippen molar-refractivity contribution >= 4 is 38.6 Å². The number of benzene rings is 9. The zero-order chi connectivity index (χ0) is 36.7. The van der Waals surface area contributed by atoms with Crippen molar-refractivity contribution in [2.45, 2.75) is 24.7 Å². The predicted molar refractivity (Wildman–Crippen MR) is 231 cm³/mol. The van der Waals surface area contributed by atoms with Crippen LogP contribution in [0.2, 0.25) is 0 Å². The molecule has 1 heteroatoms. The summed E-state index contributed by atoms with van der Waals surface area (Å²) in [6.45, 7) is 4.73. The molecular formula is C54H39N. The van der Waals surface area contributed by atoms with Crippen LogP contribution in [0.25, 0.3) is 43.8 Å². The fraction of sp³-hybridized carbons (Fsp3) is 0.0741. The minimum Gasteiger partial charge on any atom is -0.310 e. The van der Waals surface area contributed by atoms with E-state index in [2.05, 4.69) is 219 Å². The van der Waals surface area contributed by atoms with Crippen LogP contribution < -0.4 is 4.90 Å². The van der Waals surface area contributed by atoms with Crippen LogP contribution in [0.15, 0.2) is 200 Å². The average molecular weight is 702 g/mol. The summed E-state index contributed by atoms with van der Waals surface area (Å²) in [5.41, 5.74) is 16.1. The van der Waals surface area contributed by atoms with Gasteiger partial charge in [-0.1, -0.05) is 178 Å². The Morgan fingerprint density at radius 2 is 0.800 bits per heavy atom. The highest BCUT2D eigenvalue weighted by Gasteiger charge is 2.46. The first kappa shape index (κ1) is 31.8. The first-order chi connectivity index (χ1) is 27.0. The second-order valence-corrected chi connectivity index (χ2v) is 15.7. The standard InChI is InChI=1S/C54H39N/c1-53(2)49-21-11-8-18-44(49)47-33-32-42(35-52(47)53)55(41-29-26-37-25-24-36-14-6-7-17-43(36)48(37)34-41)40-30-27-39(28-31-40)54(38-15-4-3-5-16-38)50-22-12-9-19-45(50)46-20-10-13-23-51(46)54/h3-35H,1-2H3. The lowest BCUT2D eigenvalue weighted by Gasteiger charge is -2.34. The smallest absolute Gasteiger partial charge is 0.0713 e. The summed E-state index contributed by atoms with van der Waals surface area (Å²) in [5.74, 6) is 0. The van der Waals surface area contributed by atoms with E-state index in [9.17, 15) is 0 Å². The summed E-state index contributed by atoms with van der Waals surface area (Å²) in [5, 5.41) is 5.02. The largest absolute Gasteiger partial charge is 0.310 e. The molecule has 0 fully saturated rings. The number of fused-ring (bicyclic) bond motifs is 9. The third-order valence-corrected chi connectivity index (χ3v) is 12.5. The normalized spacial score (nSPS) is 14.3. The van der Waals surface area contributed by atoms with Crippen LogP contribution in [0.1, 0.15) is 47.2 Å². The maximum absolute atomic E-state index is 2.45. The van der Waals surface area contributed by atoms with E-state index in [4.69, 9.17) is 0 Å². The van der Waals surface area contributed by atoms with Gasteiger partial charge in [0, 0.05) is 22.5 Å². The maximum Gasteiger partial charge on any atom is 0.0713 e. The Hall–Kier alpha value is -6.70. The van der Waals surface area contributed by atoms with Gasteiger partial charge in [0.25, 0.3) is 0 Å². The summed E-state index contributed by atoms with van der Waals surface area (Å²) >= 11 is 0. The van der Waals surface area contributed by atoms with Crippen molar-refractivity contribution in [2.24, 2.45) is 0 Å². The summed E-state index contributed by atoms with van der Waals surface area (Å²) in [6, 6.07) is 74.5. The molecular weight excluding hydrogens is 663 g/mol. The molecule has 0 saturated heterocycles. The molecule has 11 rings (SSSR count). The van der Waals surface area contributed by atoms with Gasteiger partial charge in [-0.25, -0.2) is 0 Å². The molecule has 0 N–H and O–H groups in total. The van der Waals surface area contributed by atoms with Gasteiger partial charge in [0.1, 0.15) is 0 Å². The minimum atomic E-state index is -0.441. The second-order valence-electron chi connectivity index (χ2n) is 15.7. The molecule has 0 radical (unpaired) electrons. The molecule has 0 saturated carbocycles. The summed E-state index contributed by atoms with van der Waals surface area (Å²) in [6.07, 6.45) is 0. The van der Waals surface area contributed by atoms with Crippen molar-refractivity contribution in [1.82, 2.24) is 0 Å². The molecule has 2 aliphatic rings. The van der Waals surface area contributed by atoms with Gasteiger partial charge >= 0.3 is 0 Å². The van der Waals surface area contributed by atoms with Crippen molar-refractivity contribution in [2.75, 3.05) is 4.90 Å². The molecule has 0 heterocycles. The van der Waals surface area contributed by atoms with Crippen molar-refractivity contribution in [3.8, 4) is 22.3 Å². The minimum absolute atomic E-state index is 0.109. The molecule has 2 aliphatic carbocycles. The Kier molecular flexibility index (Phi) is 6.88. The molecule has 9 aromatic rings. The van der Waals surface area contributed by atoms with Crippen LogP contribution in [0.4, 0.5) is 17.1 Å². The highest BCUT2D eigenvalue weighted by atomic mass is 15.1. The Morgan fingerprint density at radius 1 is 0.327 bits per heavy atom. The molecule has 55 heavy (non-hydrogen) atoms. The first-order valence-electron chi connectivity index (χ1n) is 19.3. The fourth-order valence-electron chi connectivity index (χ4n) is 9.98. The number of anilines is 3. The number of nitrogens with zero attached hydrogens (tertiary/aromatic N) is 1. The van der Waals surface area contributed by atoms with Crippen molar-refractivity contribution in [3.05, 3.63) is 234 Å².